The molecule has 2 nitrogen and oxygen atoms in total. The van der Waals surface area contributed by atoms with Crippen molar-refractivity contribution < 1.29 is 9.53 Å². The third kappa shape index (κ3) is 4.09. The average molecular weight is 137 g/mol. The topological polar surface area (TPSA) is 26.3 Å². The Morgan fingerprint density at radius 1 is 1.75 bits per heavy atom. The molecule has 0 aromatic rings. The Morgan fingerprint density at radius 2 is 2.38 bits per heavy atom. The number of alkyl halides is 1. The van der Waals surface area contributed by atoms with Crippen molar-refractivity contribution in [3.05, 3.63) is 0 Å². The summed E-state index contributed by atoms with van der Waals surface area (Å²) in [6, 6.07) is 0. The first-order valence-electron chi connectivity index (χ1n) is 2.38. The van der Waals surface area contributed by atoms with Crippen molar-refractivity contribution in [3.8, 4) is 0 Å². The van der Waals surface area contributed by atoms with Gasteiger partial charge >= 0.3 is 0 Å². The number of ether oxygens (including phenoxy) is 1. The number of Topliss-reactive ketones (excluding diaryl/α,β-unsaturated/α-hetero) is 1. The number of ketones is 1. The van der Waals surface area contributed by atoms with E-state index in [1.54, 1.807) is 7.11 Å². The molecular formula is C5H9ClO2. The second kappa shape index (κ2) is 5.06. The molecule has 0 aromatic heterocycles. The minimum absolute atomic E-state index is 0.0357. The van der Waals surface area contributed by atoms with Crippen molar-refractivity contribution in [1.82, 2.24) is 0 Å². The smallest absolute Gasteiger partial charge is 0.149 e. The van der Waals surface area contributed by atoms with E-state index in [-0.39, 0.29) is 11.7 Å². The van der Waals surface area contributed by atoms with E-state index < -0.39 is 0 Å². The summed E-state index contributed by atoms with van der Waals surface area (Å²) < 4.78 is 4.63. The van der Waals surface area contributed by atoms with Crippen LogP contribution in [-0.4, -0.2) is 25.4 Å². The maximum atomic E-state index is 10.4. The molecule has 0 aliphatic heterocycles. The summed E-state index contributed by atoms with van der Waals surface area (Å²) >= 11 is 5.18. The fourth-order valence-electron chi connectivity index (χ4n) is 0.283. The zero-order chi connectivity index (χ0) is 6.41. The lowest BCUT2D eigenvalue weighted by Gasteiger charge is -1.92. The Morgan fingerprint density at radius 3 is 2.75 bits per heavy atom. The number of hydrogen-bond acceptors (Lipinski definition) is 2. The van der Waals surface area contributed by atoms with Crippen LogP contribution in [0.5, 0.6) is 0 Å². The highest BCUT2D eigenvalue weighted by Gasteiger charge is 1.95. The summed E-state index contributed by atoms with van der Waals surface area (Å²) in [4.78, 5) is 10.4. The first-order valence-corrected chi connectivity index (χ1v) is 2.91. The molecule has 0 N–H and O–H groups in total. The Balaban J connectivity index is 2.99. The Kier molecular flexibility index (Phi) is 5.01. The van der Waals surface area contributed by atoms with Gasteiger partial charge in [0, 0.05) is 13.5 Å². The highest BCUT2D eigenvalue weighted by Crippen LogP contribution is 1.85. The highest BCUT2D eigenvalue weighted by atomic mass is 35.5. The van der Waals surface area contributed by atoms with Gasteiger partial charge in [0.1, 0.15) is 5.78 Å². The van der Waals surface area contributed by atoms with Crippen LogP contribution in [0.2, 0.25) is 0 Å². The molecule has 3 heteroatoms. The standard InChI is InChI=1S/C5H9ClO2/c1-8-3-2-5(7)4-6/h2-4H2,1H3. The molecule has 0 radical (unpaired) electrons. The van der Waals surface area contributed by atoms with Gasteiger partial charge in [-0.15, -0.1) is 11.6 Å². The molecule has 48 valence electrons. The van der Waals surface area contributed by atoms with Gasteiger partial charge in [-0.3, -0.25) is 4.79 Å². The lowest BCUT2D eigenvalue weighted by atomic mass is 10.3. The fourth-order valence-corrected chi connectivity index (χ4v) is 0.416. The van der Waals surface area contributed by atoms with Crippen LogP contribution in [0.4, 0.5) is 0 Å². The summed E-state index contributed by atoms with van der Waals surface area (Å²) in [5.74, 6) is 0.136. The van der Waals surface area contributed by atoms with Gasteiger partial charge < -0.3 is 4.74 Å². The zero-order valence-electron chi connectivity index (χ0n) is 4.82. The summed E-state index contributed by atoms with van der Waals surface area (Å²) in [6.45, 7) is 0.478. The molecule has 0 saturated carbocycles. The predicted molar refractivity (Wildman–Crippen MR) is 32.2 cm³/mol. The monoisotopic (exact) mass is 136 g/mol. The van der Waals surface area contributed by atoms with Crippen LogP contribution in [0.15, 0.2) is 0 Å². The summed E-state index contributed by atoms with van der Waals surface area (Å²) in [6.07, 6.45) is 0.431. The van der Waals surface area contributed by atoms with Gasteiger partial charge in [0.05, 0.1) is 12.5 Å². The molecule has 0 fully saturated rings. The number of hydrogen-bond donors (Lipinski definition) is 0. The van der Waals surface area contributed by atoms with E-state index in [1.165, 1.54) is 0 Å². The van der Waals surface area contributed by atoms with E-state index in [0.717, 1.165) is 0 Å². The van der Waals surface area contributed by atoms with E-state index in [2.05, 4.69) is 4.74 Å². The SMILES string of the molecule is COCCC(=O)CCl. The van der Waals surface area contributed by atoms with Gasteiger partial charge in [0.2, 0.25) is 0 Å². The van der Waals surface area contributed by atoms with E-state index >= 15 is 0 Å². The number of halogens is 1. The van der Waals surface area contributed by atoms with Crippen LogP contribution in [0, 0.1) is 0 Å². The van der Waals surface area contributed by atoms with Crippen LogP contribution in [0.3, 0.4) is 0 Å². The van der Waals surface area contributed by atoms with Crippen molar-refractivity contribution in [2.24, 2.45) is 0 Å². The third-order valence-electron chi connectivity index (χ3n) is 0.734. The number of carbonyl (C=O) groups excluding carboxylic acids is 1. The van der Waals surface area contributed by atoms with E-state index in [9.17, 15) is 4.79 Å². The minimum atomic E-state index is 0.0357. The first kappa shape index (κ1) is 7.92. The second-order valence-electron chi connectivity index (χ2n) is 1.42. The van der Waals surface area contributed by atoms with E-state index in [0.29, 0.717) is 13.0 Å². The Labute approximate surface area is 53.8 Å². The van der Waals surface area contributed by atoms with Gasteiger partial charge in [-0.05, 0) is 0 Å². The molecule has 0 atom stereocenters. The van der Waals surface area contributed by atoms with E-state index in [4.69, 9.17) is 11.6 Å². The fraction of sp³-hybridized carbons (Fsp3) is 0.800. The third-order valence-corrected chi connectivity index (χ3v) is 1.03. The Hall–Kier alpha value is -0.0800. The largest absolute Gasteiger partial charge is 0.384 e. The van der Waals surface area contributed by atoms with Crippen molar-refractivity contribution in [1.29, 1.82) is 0 Å². The molecular weight excluding hydrogens is 128 g/mol. The second-order valence-corrected chi connectivity index (χ2v) is 1.68. The molecule has 0 rings (SSSR count). The lowest BCUT2D eigenvalue weighted by Crippen LogP contribution is -2.02. The van der Waals surface area contributed by atoms with Crippen molar-refractivity contribution in [2.75, 3.05) is 19.6 Å². The van der Waals surface area contributed by atoms with Crippen LogP contribution < -0.4 is 0 Å². The normalized spacial score (nSPS) is 9.25. The molecule has 8 heavy (non-hydrogen) atoms. The van der Waals surface area contributed by atoms with Crippen LogP contribution in [0.1, 0.15) is 6.42 Å². The number of methoxy groups -OCH3 is 1. The summed E-state index contributed by atoms with van der Waals surface area (Å²) in [5.41, 5.74) is 0. The maximum absolute atomic E-state index is 10.4. The molecule has 0 aliphatic carbocycles. The molecule has 0 saturated heterocycles. The van der Waals surface area contributed by atoms with Crippen molar-refractivity contribution in [3.63, 3.8) is 0 Å². The minimum Gasteiger partial charge on any atom is -0.384 e. The molecule has 0 spiro atoms. The van der Waals surface area contributed by atoms with Gasteiger partial charge in [-0.25, -0.2) is 0 Å². The zero-order valence-corrected chi connectivity index (χ0v) is 5.57. The summed E-state index contributed by atoms with van der Waals surface area (Å²) in [5, 5.41) is 0. The quantitative estimate of drug-likeness (QED) is 0.536. The highest BCUT2D eigenvalue weighted by molar-refractivity contribution is 6.27. The number of carbonyl (C=O) groups is 1. The molecule has 0 unspecified atom stereocenters. The van der Waals surface area contributed by atoms with Gasteiger partial charge in [0.15, 0.2) is 0 Å². The van der Waals surface area contributed by atoms with Crippen molar-refractivity contribution in [2.45, 2.75) is 6.42 Å². The predicted octanol–water partition coefficient (Wildman–Crippen LogP) is 0.831. The van der Waals surface area contributed by atoms with Gasteiger partial charge in [-0.2, -0.15) is 0 Å². The van der Waals surface area contributed by atoms with E-state index in [1.807, 2.05) is 0 Å². The van der Waals surface area contributed by atoms with Crippen LogP contribution >= 0.6 is 11.6 Å². The van der Waals surface area contributed by atoms with Gasteiger partial charge in [0.25, 0.3) is 0 Å². The lowest BCUT2D eigenvalue weighted by molar-refractivity contribution is -0.117. The molecule has 0 heterocycles. The molecule has 0 aliphatic rings. The summed E-state index contributed by atoms with van der Waals surface area (Å²) in [7, 11) is 1.56. The number of rotatable bonds is 4. The van der Waals surface area contributed by atoms with Gasteiger partial charge in [-0.1, -0.05) is 0 Å². The maximum Gasteiger partial charge on any atom is 0.149 e. The molecule has 0 bridgehead atoms. The van der Waals surface area contributed by atoms with Crippen LogP contribution in [-0.2, 0) is 9.53 Å². The van der Waals surface area contributed by atoms with Crippen molar-refractivity contribution >= 4 is 17.4 Å². The van der Waals surface area contributed by atoms with Crippen LogP contribution in [0.25, 0.3) is 0 Å². The first-order chi connectivity index (χ1) is 3.81. The molecule has 0 aromatic carbocycles. The Bertz CT molecular complexity index is 72.8. The average Bonchev–Trinajstić information content (AvgIpc) is 1.83. The molecule has 0 amide bonds.